The minimum Gasteiger partial charge on any atom is -0.478 e. The zero-order valence-corrected chi connectivity index (χ0v) is 23.7. The molecule has 1 N–H and O–H groups in total. The summed E-state index contributed by atoms with van der Waals surface area (Å²) in [5.74, 6) is 0.807. The summed E-state index contributed by atoms with van der Waals surface area (Å²) in [6, 6.07) is 19.7. The molecule has 1 unspecified atom stereocenters. The van der Waals surface area contributed by atoms with E-state index in [-0.39, 0.29) is 5.56 Å². The number of rotatable bonds is 7. The number of aromatic nitrogens is 3. The molecule has 2 aliphatic rings. The second kappa shape index (κ2) is 11.0. The van der Waals surface area contributed by atoms with Gasteiger partial charge in [0.05, 0.1) is 17.6 Å². The van der Waals surface area contributed by atoms with Crippen LogP contribution in [0.25, 0.3) is 17.1 Å². The highest BCUT2D eigenvalue weighted by molar-refractivity contribution is 5.88. The van der Waals surface area contributed by atoms with Crippen LogP contribution in [0.2, 0.25) is 0 Å². The van der Waals surface area contributed by atoms with Gasteiger partial charge in [0.25, 0.3) is 0 Å². The fourth-order valence-corrected chi connectivity index (χ4v) is 6.81. The van der Waals surface area contributed by atoms with Gasteiger partial charge in [-0.15, -0.1) is 0 Å². The molecule has 4 aromatic rings. The van der Waals surface area contributed by atoms with Crippen LogP contribution in [-0.2, 0) is 19.3 Å². The van der Waals surface area contributed by atoms with Crippen LogP contribution in [0.15, 0.2) is 60.8 Å². The zero-order valence-electron chi connectivity index (χ0n) is 23.7. The number of aryl methyl sites for hydroxylation is 2. The van der Waals surface area contributed by atoms with Crippen molar-refractivity contribution in [3.05, 3.63) is 99.9 Å². The molecule has 1 aliphatic carbocycles. The number of benzene rings is 2. The first kappa shape index (κ1) is 26.5. The molecule has 6 heteroatoms. The van der Waals surface area contributed by atoms with Gasteiger partial charge in [-0.25, -0.2) is 14.5 Å². The molecular formula is C34H38N4O2. The SMILES string of the molecule is CCc1c(C(=O)O)cnn1-c1cccc(-c2cccc3c2C(Cc2ccc(C4CCN(C)CC4)cc2C)CC3)n1. The third-order valence-electron chi connectivity index (χ3n) is 9.05. The molecule has 2 aromatic carbocycles. The molecule has 0 radical (unpaired) electrons. The van der Waals surface area contributed by atoms with Crippen molar-refractivity contribution in [2.75, 3.05) is 20.1 Å². The van der Waals surface area contributed by atoms with Gasteiger partial charge in [0, 0.05) is 5.56 Å². The van der Waals surface area contributed by atoms with Crippen LogP contribution in [0.4, 0.5) is 0 Å². The first-order valence-electron chi connectivity index (χ1n) is 14.6. The highest BCUT2D eigenvalue weighted by Gasteiger charge is 2.28. The molecule has 1 atom stereocenters. The van der Waals surface area contributed by atoms with E-state index in [0.717, 1.165) is 25.0 Å². The topological polar surface area (TPSA) is 71.2 Å². The Kier molecular flexibility index (Phi) is 7.28. The lowest BCUT2D eigenvalue weighted by Crippen LogP contribution is -2.29. The van der Waals surface area contributed by atoms with Gasteiger partial charge in [-0.2, -0.15) is 5.10 Å². The van der Waals surface area contributed by atoms with E-state index >= 15 is 0 Å². The molecule has 1 aliphatic heterocycles. The van der Waals surface area contributed by atoms with Crippen molar-refractivity contribution in [3.63, 3.8) is 0 Å². The van der Waals surface area contributed by atoms with Gasteiger partial charge < -0.3 is 10.0 Å². The standard InChI is InChI=1S/C34H38N4O2/c1-4-31-29(34(39)40)21-35-38(31)32-10-6-9-30(36-32)28-8-5-7-24-11-14-27(33(24)28)20-25-12-13-26(19-22(25)2)23-15-17-37(3)18-16-23/h5-10,12-13,19,21,23,27H,4,11,14-18,20H2,1-3H3,(H,39,40). The molecule has 1 saturated heterocycles. The molecule has 6 nitrogen and oxygen atoms in total. The molecule has 206 valence electrons. The number of fused-ring (bicyclic) bond motifs is 1. The Morgan fingerprint density at radius 2 is 1.85 bits per heavy atom. The van der Waals surface area contributed by atoms with Crippen molar-refractivity contribution in [2.24, 2.45) is 0 Å². The summed E-state index contributed by atoms with van der Waals surface area (Å²) in [5, 5.41) is 14.0. The highest BCUT2D eigenvalue weighted by atomic mass is 16.4. The molecule has 0 saturated carbocycles. The predicted molar refractivity (Wildman–Crippen MR) is 159 cm³/mol. The molecule has 0 bridgehead atoms. The maximum absolute atomic E-state index is 11.7. The Bertz CT molecular complexity index is 1550. The molecule has 40 heavy (non-hydrogen) atoms. The Balaban J connectivity index is 1.29. The number of nitrogens with zero attached hydrogens (tertiary/aromatic N) is 4. The van der Waals surface area contributed by atoms with E-state index in [1.54, 1.807) is 4.68 Å². The number of carbonyl (C=O) groups is 1. The van der Waals surface area contributed by atoms with Crippen LogP contribution >= 0.6 is 0 Å². The number of pyridine rings is 1. The number of carboxylic acid groups (broad SMARTS) is 1. The van der Waals surface area contributed by atoms with Gasteiger partial charge in [-0.1, -0.05) is 49.4 Å². The quantitative estimate of drug-likeness (QED) is 0.290. The number of hydrogen-bond donors (Lipinski definition) is 1. The van der Waals surface area contributed by atoms with E-state index in [4.69, 9.17) is 4.98 Å². The first-order chi connectivity index (χ1) is 19.4. The van der Waals surface area contributed by atoms with Gasteiger partial charge in [-0.3, -0.25) is 0 Å². The van der Waals surface area contributed by atoms with Gasteiger partial charge in [0.15, 0.2) is 5.82 Å². The summed E-state index contributed by atoms with van der Waals surface area (Å²) in [5.41, 5.74) is 10.1. The van der Waals surface area contributed by atoms with E-state index in [1.807, 2.05) is 19.1 Å². The molecule has 2 aromatic heterocycles. The highest BCUT2D eigenvalue weighted by Crippen LogP contribution is 2.42. The van der Waals surface area contributed by atoms with E-state index in [0.29, 0.717) is 29.8 Å². The maximum atomic E-state index is 11.7. The molecular weight excluding hydrogens is 496 g/mol. The van der Waals surface area contributed by atoms with Crippen LogP contribution in [0.1, 0.15) is 81.9 Å². The van der Waals surface area contributed by atoms with E-state index in [1.165, 1.54) is 65.5 Å². The second-order valence-corrected chi connectivity index (χ2v) is 11.5. The molecule has 1 fully saturated rings. The van der Waals surface area contributed by atoms with Crippen LogP contribution in [0, 0.1) is 6.92 Å². The summed E-state index contributed by atoms with van der Waals surface area (Å²) in [4.78, 5) is 19.1. The molecule has 3 heterocycles. The van der Waals surface area contributed by atoms with Crippen molar-refractivity contribution >= 4 is 5.97 Å². The summed E-state index contributed by atoms with van der Waals surface area (Å²) >= 11 is 0. The summed E-state index contributed by atoms with van der Waals surface area (Å²) in [6.07, 6.45) is 7.74. The summed E-state index contributed by atoms with van der Waals surface area (Å²) < 4.78 is 1.67. The average Bonchev–Trinajstić information content (AvgIpc) is 3.59. The van der Waals surface area contributed by atoms with Gasteiger partial charge >= 0.3 is 5.97 Å². The summed E-state index contributed by atoms with van der Waals surface area (Å²) in [6.45, 7) is 6.59. The fourth-order valence-electron chi connectivity index (χ4n) is 6.81. The lowest BCUT2D eigenvalue weighted by atomic mass is 9.85. The Morgan fingerprint density at radius 3 is 2.60 bits per heavy atom. The van der Waals surface area contributed by atoms with Crippen molar-refractivity contribution < 1.29 is 9.90 Å². The predicted octanol–water partition coefficient (Wildman–Crippen LogP) is 6.59. The monoisotopic (exact) mass is 534 g/mol. The van der Waals surface area contributed by atoms with Crippen LogP contribution in [0.3, 0.4) is 0 Å². The number of aromatic carboxylic acids is 1. The third kappa shape index (κ3) is 4.97. The number of piperidine rings is 1. The number of likely N-dealkylation sites (tertiary alicyclic amines) is 1. The second-order valence-electron chi connectivity index (χ2n) is 11.5. The fraction of sp³-hybridized carbons (Fsp3) is 0.382. The Morgan fingerprint density at radius 1 is 1.05 bits per heavy atom. The third-order valence-corrected chi connectivity index (χ3v) is 9.05. The summed E-state index contributed by atoms with van der Waals surface area (Å²) in [7, 11) is 2.22. The van der Waals surface area contributed by atoms with Crippen molar-refractivity contribution in [1.82, 2.24) is 19.7 Å². The molecule has 6 rings (SSSR count). The largest absolute Gasteiger partial charge is 0.478 e. The number of carboxylic acids is 1. The van der Waals surface area contributed by atoms with E-state index in [9.17, 15) is 9.90 Å². The first-order valence-corrected chi connectivity index (χ1v) is 14.6. The van der Waals surface area contributed by atoms with E-state index < -0.39 is 5.97 Å². The molecule has 0 spiro atoms. The minimum atomic E-state index is -0.961. The zero-order chi connectivity index (χ0) is 27.8. The molecule has 0 amide bonds. The van der Waals surface area contributed by atoms with E-state index in [2.05, 4.69) is 66.4 Å². The van der Waals surface area contributed by atoms with Crippen LogP contribution < -0.4 is 0 Å². The number of hydrogen-bond acceptors (Lipinski definition) is 4. The smallest absolute Gasteiger partial charge is 0.339 e. The van der Waals surface area contributed by atoms with Crippen LogP contribution in [0.5, 0.6) is 0 Å². The van der Waals surface area contributed by atoms with Crippen molar-refractivity contribution in [1.29, 1.82) is 0 Å². The van der Waals surface area contributed by atoms with Gasteiger partial charge in [-0.05, 0) is 117 Å². The lowest BCUT2D eigenvalue weighted by molar-refractivity contribution is 0.0695. The average molecular weight is 535 g/mol. The Labute approximate surface area is 236 Å². The normalized spacial score (nSPS) is 17.7. The Hall–Kier alpha value is -3.77. The minimum absolute atomic E-state index is 0.229. The lowest BCUT2D eigenvalue weighted by Gasteiger charge is -2.29. The van der Waals surface area contributed by atoms with Crippen molar-refractivity contribution in [3.8, 4) is 17.1 Å². The van der Waals surface area contributed by atoms with Crippen LogP contribution in [-0.4, -0.2) is 50.9 Å². The maximum Gasteiger partial charge on any atom is 0.339 e. The van der Waals surface area contributed by atoms with Gasteiger partial charge in [0.1, 0.15) is 5.56 Å². The van der Waals surface area contributed by atoms with Crippen molar-refractivity contribution in [2.45, 2.75) is 64.2 Å². The van der Waals surface area contributed by atoms with Gasteiger partial charge in [0.2, 0.25) is 0 Å².